The molecule has 10 aromatic rings. The van der Waals surface area contributed by atoms with E-state index >= 15 is 0 Å². The minimum atomic E-state index is 0.533. The zero-order chi connectivity index (χ0) is 30.9. The van der Waals surface area contributed by atoms with E-state index < -0.39 is 0 Å². The topological polar surface area (TPSA) is 77.6 Å². The number of pyridine rings is 2. The van der Waals surface area contributed by atoms with Gasteiger partial charge in [-0.05, 0) is 40.4 Å². The second-order valence-corrected chi connectivity index (χ2v) is 11.7. The number of benzene rings is 6. The van der Waals surface area contributed by atoms with Gasteiger partial charge in [0.1, 0.15) is 11.2 Å². The van der Waals surface area contributed by atoms with Crippen LogP contribution in [0.1, 0.15) is 0 Å². The van der Waals surface area contributed by atoms with Gasteiger partial charge in [-0.2, -0.15) is 0 Å². The summed E-state index contributed by atoms with van der Waals surface area (Å²) in [6.45, 7) is 0. The Morgan fingerprint density at radius 1 is 0.447 bits per heavy atom. The Morgan fingerprint density at radius 2 is 1.11 bits per heavy atom. The molecule has 0 fully saturated rings. The van der Waals surface area contributed by atoms with Gasteiger partial charge in [0.2, 0.25) is 0 Å². The van der Waals surface area contributed by atoms with Gasteiger partial charge in [-0.25, -0.2) is 15.0 Å². The lowest BCUT2D eigenvalue weighted by atomic mass is 9.97. The maximum Gasteiger partial charge on any atom is 0.167 e. The Balaban J connectivity index is 1.27. The van der Waals surface area contributed by atoms with Crippen molar-refractivity contribution in [1.82, 2.24) is 24.9 Å². The molecular formula is C41H23N5O. The first-order chi connectivity index (χ1) is 23.3. The minimum absolute atomic E-state index is 0.533. The molecule has 0 saturated carbocycles. The third-order valence-corrected chi connectivity index (χ3v) is 8.97. The summed E-state index contributed by atoms with van der Waals surface area (Å²) in [5.41, 5.74) is 5.81. The lowest BCUT2D eigenvalue weighted by Crippen LogP contribution is -2.01. The highest BCUT2D eigenvalue weighted by atomic mass is 16.3. The molecule has 10 rings (SSSR count). The van der Waals surface area contributed by atoms with Gasteiger partial charge in [-0.1, -0.05) is 103 Å². The molecule has 4 heterocycles. The Labute approximate surface area is 268 Å². The van der Waals surface area contributed by atoms with Gasteiger partial charge >= 0.3 is 0 Å². The van der Waals surface area contributed by atoms with Gasteiger partial charge in [0.15, 0.2) is 17.5 Å². The summed E-state index contributed by atoms with van der Waals surface area (Å²) in [7, 11) is 0. The predicted molar refractivity (Wildman–Crippen MR) is 189 cm³/mol. The van der Waals surface area contributed by atoms with Gasteiger partial charge in [0.05, 0.1) is 16.6 Å². The Hall–Kier alpha value is -6.53. The van der Waals surface area contributed by atoms with Crippen LogP contribution in [0.5, 0.6) is 0 Å². The number of hydrogen-bond acceptors (Lipinski definition) is 6. The van der Waals surface area contributed by atoms with Crippen molar-refractivity contribution in [2.24, 2.45) is 0 Å². The molecule has 0 aliphatic rings. The van der Waals surface area contributed by atoms with E-state index in [-0.39, 0.29) is 0 Å². The SMILES string of the molecule is c1ccc2c(c1)ccc1cccc(-c3nc(-c4cnc5c(ccc6cccnc65)c4)nc(-c4cccc5c4oc4ccccc45)n3)c12. The molecule has 0 spiro atoms. The summed E-state index contributed by atoms with van der Waals surface area (Å²) in [4.78, 5) is 24.9. The fraction of sp³-hybridized carbons (Fsp3) is 0. The molecule has 6 heteroatoms. The van der Waals surface area contributed by atoms with Crippen molar-refractivity contribution in [3.8, 4) is 34.2 Å². The van der Waals surface area contributed by atoms with Crippen LogP contribution in [0.25, 0.3) is 99.5 Å². The van der Waals surface area contributed by atoms with Crippen molar-refractivity contribution in [2.45, 2.75) is 0 Å². The summed E-state index contributed by atoms with van der Waals surface area (Å²) in [6, 6.07) is 43.5. The van der Waals surface area contributed by atoms with Gasteiger partial charge in [-0.15, -0.1) is 0 Å². The molecule has 0 bridgehead atoms. The predicted octanol–water partition coefficient (Wildman–Crippen LogP) is 10.2. The van der Waals surface area contributed by atoms with E-state index in [0.717, 1.165) is 82.0 Å². The molecule has 0 radical (unpaired) electrons. The van der Waals surface area contributed by atoms with Gasteiger partial charge in [0.25, 0.3) is 0 Å². The molecule has 4 aromatic heterocycles. The van der Waals surface area contributed by atoms with Crippen molar-refractivity contribution < 1.29 is 4.42 Å². The molecule has 6 aromatic carbocycles. The van der Waals surface area contributed by atoms with Crippen LogP contribution in [-0.4, -0.2) is 24.9 Å². The van der Waals surface area contributed by atoms with E-state index in [1.165, 1.54) is 0 Å². The van der Waals surface area contributed by atoms with Crippen molar-refractivity contribution in [1.29, 1.82) is 0 Å². The highest BCUT2D eigenvalue weighted by Crippen LogP contribution is 2.38. The Bertz CT molecular complexity index is 2870. The summed E-state index contributed by atoms with van der Waals surface area (Å²) in [5.74, 6) is 1.65. The molecular weight excluding hydrogens is 578 g/mol. The van der Waals surface area contributed by atoms with Crippen molar-refractivity contribution in [3.63, 3.8) is 0 Å². The van der Waals surface area contributed by atoms with E-state index in [1.807, 2.05) is 42.6 Å². The highest BCUT2D eigenvalue weighted by molar-refractivity contribution is 6.14. The van der Waals surface area contributed by atoms with Crippen molar-refractivity contribution in [2.75, 3.05) is 0 Å². The summed E-state index contributed by atoms with van der Waals surface area (Å²) >= 11 is 0. The van der Waals surface area contributed by atoms with E-state index in [4.69, 9.17) is 24.4 Å². The quantitative estimate of drug-likeness (QED) is 0.188. The average molecular weight is 602 g/mol. The van der Waals surface area contributed by atoms with Crippen molar-refractivity contribution >= 4 is 65.3 Å². The zero-order valence-corrected chi connectivity index (χ0v) is 24.9. The maximum absolute atomic E-state index is 6.44. The molecule has 47 heavy (non-hydrogen) atoms. The number of hydrogen-bond donors (Lipinski definition) is 0. The minimum Gasteiger partial charge on any atom is -0.455 e. The van der Waals surface area contributed by atoms with Crippen LogP contribution >= 0.6 is 0 Å². The lowest BCUT2D eigenvalue weighted by molar-refractivity contribution is 0.669. The molecule has 0 amide bonds. The molecule has 0 N–H and O–H groups in total. The second kappa shape index (κ2) is 9.99. The standard InChI is InChI=1S/C41H23N5O/c1-2-11-29-24(8-1)17-18-25-9-5-14-32(35(25)29)40-44-39(28-22-27-20-19-26-10-7-21-42-36(26)37(27)43-23-28)45-41(46-40)33-15-6-13-31-30-12-3-4-16-34(30)47-38(31)33/h1-23H. The van der Waals surface area contributed by atoms with E-state index in [0.29, 0.717) is 17.5 Å². The molecule has 218 valence electrons. The largest absolute Gasteiger partial charge is 0.455 e. The van der Waals surface area contributed by atoms with Crippen molar-refractivity contribution in [3.05, 3.63) is 140 Å². The van der Waals surface area contributed by atoms with Crippen LogP contribution in [0.15, 0.2) is 144 Å². The lowest BCUT2D eigenvalue weighted by Gasteiger charge is -2.12. The van der Waals surface area contributed by atoms with E-state index in [1.54, 1.807) is 6.20 Å². The first-order valence-electron chi connectivity index (χ1n) is 15.5. The fourth-order valence-electron chi connectivity index (χ4n) is 6.77. The monoisotopic (exact) mass is 601 g/mol. The Morgan fingerprint density at radius 3 is 2.06 bits per heavy atom. The van der Waals surface area contributed by atoms with Gasteiger partial charge in [-0.3, -0.25) is 9.97 Å². The molecule has 0 saturated heterocycles. The van der Waals surface area contributed by atoms with Crippen LogP contribution in [-0.2, 0) is 0 Å². The number of nitrogens with zero attached hydrogens (tertiary/aromatic N) is 5. The van der Waals surface area contributed by atoms with E-state index in [2.05, 4.69) is 96.0 Å². The number of fused-ring (bicyclic) bond motifs is 9. The normalized spacial score (nSPS) is 11.8. The van der Waals surface area contributed by atoms with Crippen LogP contribution in [0, 0.1) is 0 Å². The first-order valence-corrected chi connectivity index (χ1v) is 15.5. The fourth-order valence-corrected chi connectivity index (χ4v) is 6.77. The highest BCUT2D eigenvalue weighted by Gasteiger charge is 2.19. The smallest absolute Gasteiger partial charge is 0.167 e. The van der Waals surface area contributed by atoms with E-state index in [9.17, 15) is 0 Å². The molecule has 0 aliphatic carbocycles. The van der Waals surface area contributed by atoms with Gasteiger partial charge < -0.3 is 4.42 Å². The van der Waals surface area contributed by atoms with Crippen LogP contribution in [0.3, 0.4) is 0 Å². The zero-order valence-electron chi connectivity index (χ0n) is 24.9. The summed E-state index contributed by atoms with van der Waals surface area (Å²) in [5, 5.41) is 8.62. The number of para-hydroxylation sites is 2. The van der Waals surface area contributed by atoms with Crippen LogP contribution < -0.4 is 0 Å². The number of furan rings is 1. The molecule has 0 aliphatic heterocycles. The third kappa shape index (κ3) is 4.02. The second-order valence-electron chi connectivity index (χ2n) is 11.7. The summed E-state index contributed by atoms with van der Waals surface area (Å²) in [6.07, 6.45) is 3.63. The number of rotatable bonds is 3. The molecule has 0 atom stereocenters. The third-order valence-electron chi connectivity index (χ3n) is 8.97. The molecule has 0 unspecified atom stereocenters. The maximum atomic E-state index is 6.44. The number of aromatic nitrogens is 5. The molecule has 6 nitrogen and oxygen atoms in total. The van der Waals surface area contributed by atoms with Crippen LogP contribution in [0.4, 0.5) is 0 Å². The Kier molecular flexibility index (Phi) is 5.48. The van der Waals surface area contributed by atoms with Gasteiger partial charge in [0, 0.05) is 50.5 Å². The first kappa shape index (κ1) is 25.8. The average Bonchev–Trinajstić information content (AvgIpc) is 3.53. The van der Waals surface area contributed by atoms with Crippen LogP contribution in [0.2, 0.25) is 0 Å². The summed E-state index contributed by atoms with van der Waals surface area (Å²) < 4.78 is 6.44.